The molecule has 0 aliphatic carbocycles. The van der Waals surface area contributed by atoms with E-state index in [0.29, 0.717) is 17.8 Å². The lowest BCUT2D eigenvalue weighted by Crippen LogP contribution is -2.16. The van der Waals surface area contributed by atoms with Gasteiger partial charge in [0.1, 0.15) is 0 Å². The van der Waals surface area contributed by atoms with Gasteiger partial charge in [-0.1, -0.05) is 25.1 Å². The lowest BCUT2D eigenvalue weighted by Gasteiger charge is -2.11. The maximum atomic E-state index is 4.36. The molecular weight excluding hydrogens is 226 g/mol. The van der Waals surface area contributed by atoms with Gasteiger partial charge in [0.15, 0.2) is 5.82 Å². The molecule has 94 valence electrons. The van der Waals surface area contributed by atoms with E-state index in [1.165, 1.54) is 0 Å². The minimum atomic E-state index is 0.332. The number of rotatable bonds is 5. The summed E-state index contributed by atoms with van der Waals surface area (Å²) in [6.45, 7) is 4.19. The lowest BCUT2D eigenvalue weighted by atomic mass is 10.3. The smallest absolute Gasteiger partial charge is 0.244 e. The van der Waals surface area contributed by atoms with Gasteiger partial charge in [0, 0.05) is 11.7 Å². The predicted molar refractivity (Wildman–Crippen MR) is 72.9 cm³/mol. The molecule has 0 bridgehead atoms. The molecule has 5 heteroatoms. The number of benzene rings is 1. The van der Waals surface area contributed by atoms with E-state index in [9.17, 15) is 0 Å². The fourth-order valence-electron chi connectivity index (χ4n) is 1.42. The molecule has 1 heterocycles. The number of nitrogens with one attached hydrogen (secondary N) is 2. The van der Waals surface area contributed by atoms with Crippen LogP contribution < -0.4 is 10.6 Å². The van der Waals surface area contributed by atoms with Gasteiger partial charge < -0.3 is 10.6 Å². The van der Waals surface area contributed by atoms with Crippen molar-refractivity contribution in [3.05, 3.63) is 36.5 Å². The highest BCUT2D eigenvalue weighted by atomic mass is 15.3. The quantitative estimate of drug-likeness (QED) is 0.845. The molecule has 0 amide bonds. The largest absolute Gasteiger partial charge is 0.350 e. The van der Waals surface area contributed by atoms with Crippen LogP contribution in [-0.4, -0.2) is 21.2 Å². The molecule has 1 aromatic heterocycles. The molecule has 0 spiro atoms. The first-order valence-electron chi connectivity index (χ1n) is 6.06. The fraction of sp³-hybridized carbons (Fsp3) is 0.308. The van der Waals surface area contributed by atoms with E-state index in [0.717, 1.165) is 12.1 Å². The molecule has 2 rings (SSSR count). The van der Waals surface area contributed by atoms with E-state index in [4.69, 9.17) is 0 Å². The van der Waals surface area contributed by atoms with Crippen LogP contribution in [0.15, 0.2) is 36.5 Å². The van der Waals surface area contributed by atoms with Crippen LogP contribution in [0.25, 0.3) is 0 Å². The van der Waals surface area contributed by atoms with Crippen LogP contribution in [-0.2, 0) is 0 Å². The van der Waals surface area contributed by atoms with Crippen molar-refractivity contribution < 1.29 is 0 Å². The van der Waals surface area contributed by atoms with Gasteiger partial charge in [-0.2, -0.15) is 10.1 Å². The first-order chi connectivity index (χ1) is 8.78. The lowest BCUT2D eigenvalue weighted by molar-refractivity contribution is 0.746. The molecule has 0 fully saturated rings. The maximum absolute atomic E-state index is 4.36. The Labute approximate surface area is 107 Å². The topological polar surface area (TPSA) is 62.7 Å². The highest BCUT2D eigenvalue weighted by Gasteiger charge is 2.03. The van der Waals surface area contributed by atoms with Crippen molar-refractivity contribution in [3.63, 3.8) is 0 Å². The number of anilines is 3. The number of hydrogen-bond donors (Lipinski definition) is 2. The van der Waals surface area contributed by atoms with Gasteiger partial charge in [-0.3, -0.25) is 0 Å². The Morgan fingerprint density at radius 2 is 2.00 bits per heavy atom. The zero-order chi connectivity index (χ0) is 12.8. The van der Waals surface area contributed by atoms with Crippen molar-refractivity contribution in [2.24, 2.45) is 0 Å². The third-order valence-corrected chi connectivity index (χ3v) is 2.59. The van der Waals surface area contributed by atoms with Crippen LogP contribution in [0, 0.1) is 0 Å². The molecule has 0 aliphatic rings. The summed E-state index contributed by atoms with van der Waals surface area (Å²) in [6.07, 6.45) is 2.62. The van der Waals surface area contributed by atoms with Gasteiger partial charge in [0.2, 0.25) is 5.95 Å². The van der Waals surface area contributed by atoms with E-state index >= 15 is 0 Å². The molecule has 2 aromatic rings. The molecule has 5 nitrogen and oxygen atoms in total. The third-order valence-electron chi connectivity index (χ3n) is 2.59. The van der Waals surface area contributed by atoms with Gasteiger partial charge in [-0.15, -0.1) is 5.10 Å². The van der Waals surface area contributed by atoms with Crippen LogP contribution in [0.4, 0.5) is 17.5 Å². The van der Waals surface area contributed by atoms with Crippen LogP contribution in [0.1, 0.15) is 20.3 Å². The molecule has 2 N–H and O–H groups in total. The van der Waals surface area contributed by atoms with Crippen LogP contribution in [0.5, 0.6) is 0 Å². The standard InChI is InChI=1S/C13H17N5/c1-3-10(2)15-13-17-12(9-14-18-13)16-11-7-5-4-6-8-11/h4-10H,3H2,1-2H3,(H2,15,16,17,18). The van der Waals surface area contributed by atoms with Crippen molar-refractivity contribution in [1.82, 2.24) is 15.2 Å². The Balaban J connectivity index is 2.08. The molecule has 0 saturated carbocycles. The molecule has 0 aliphatic heterocycles. The van der Waals surface area contributed by atoms with E-state index < -0.39 is 0 Å². The van der Waals surface area contributed by atoms with Crippen LogP contribution >= 0.6 is 0 Å². The normalized spacial score (nSPS) is 11.9. The van der Waals surface area contributed by atoms with E-state index in [1.54, 1.807) is 6.20 Å². The van der Waals surface area contributed by atoms with E-state index in [-0.39, 0.29) is 0 Å². The van der Waals surface area contributed by atoms with Gasteiger partial charge in [0.25, 0.3) is 0 Å². The van der Waals surface area contributed by atoms with Crippen molar-refractivity contribution >= 4 is 17.5 Å². The zero-order valence-electron chi connectivity index (χ0n) is 10.6. The van der Waals surface area contributed by atoms with Gasteiger partial charge >= 0.3 is 0 Å². The van der Waals surface area contributed by atoms with Crippen molar-refractivity contribution in [3.8, 4) is 0 Å². The molecule has 0 saturated heterocycles. The number of hydrogen-bond acceptors (Lipinski definition) is 5. The summed E-state index contributed by atoms with van der Waals surface area (Å²) in [5, 5.41) is 14.3. The minimum Gasteiger partial charge on any atom is -0.350 e. The fourth-order valence-corrected chi connectivity index (χ4v) is 1.42. The second kappa shape index (κ2) is 5.95. The highest BCUT2D eigenvalue weighted by Crippen LogP contribution is 2.13. The number of nitrogens with zero attached hydrogens (tertiary/aromatic N) is 3. The SMILES string of the molecule is CCC(C)Nc1nncc(Nc2ccccc2)n1. The summed E-state index contributed by atoms with van der Waals surface area (Å²) in [5.74, 6) is 1.23. The molecule has 0 radical (unpaired) electrons. The maximum Gasteiger partial charge on any atom is 0.244 e. The third kappa shape index (κ3) is 3.41. The summed E-state index contributed by atoms with van der Waals surface area (Å²) in [6, 6.07) is 10.2. The Bertz CT molecular complexity index is 486. The summed E-state index contributed by atoms with van der Waals surface area (Å²) in [5.41, 5.74) is 0.979. The Hall–Kier alpha value is -2.17. The Morgan fingerprint density at radius 1 is 1.22 bits per heavy atom. The van der Waals surface area contributed by atoms with E-state index in [2.05, 4.69) is 39.7 Å². The minimum absolute atomic E-state index is 0.332. The summed E-state index contributed by atoms with van der Waals surface area (Å²) in [7, 11) is 0. The van der Waals surface area contributed by atoms with Crippen molar-refractivity contribution in [1.29, 1.82) is 0 Å². The number of para-hydroxylation sites is 1. The van der Waals surface area contributed by atoms with Gasteiger partial charge in [-0.25, -0.2) is 0 Å². The second-order valence-corrected chi connectivity index (χ2v) is 4.11. The highest BCUT2D eigenvalue weighted by molar-refractivity contribution is 5.55. The number of aromatic nitrogens is 3. The van der Waals surface area contributed by atoms with Crippen molar-refractivity contribution in [2.75, 3.05) is 10.6 Å². The van der Waals surface area contributed by atoms with E-state index in [1.807, 2.05) is 30.3 Å². The molecular formula is C13H17N5. The molecule has 1 unspecified atom stereocenters. The molecule has 1 aromatic carbocycles. The molecule has 18 heavy (non-hydrogen) atoms. The summed E-state index contributed by atoms with van der Waals surface area (Å²) < 4.78 is 0. The van der Waals surface area contributed by atoms with Crippen LogP contribution in [0.3, 0.4) is 0 Å². The summed E-state index contributed by atoms with van der Waals surface area (Å²) >= 11 is 0. The van der Waals surface area contributed by atoms with Crippen LogP contribution in [0.2, 0.25) is 0 Å². The predicted octanol–water partition coefficient (Wildman–Crippen LogP) is 2.83. The second-order valence-electron chi connectivity index (χ2n) is 4.11. The monoisotopic (exact) mass is 243 g/mol. The average molecular weight is 243 g/mol. The zero-order valence-corrected chi connectivity index (χ0v) is 10.6. The Kier molecular flexibility index (Phi) is 4.06. The first-order valence-corrected chi connectivity index (χ1v) is 6.06. The van der Waals surface area contributed by atoms with Gasteiger partial charge in [0.05, 0.1) is 6.20 Å². The molecule has 1 atom stereocenters. The van der Waals surface area contributed by atoms with Crippen molar-refractivity contribution in [2.45, 2.75) is 26.3 Å². The Morgan fingerprint density at radius 3 is 2.72 bits per heavy atom. The summed E-state index contributed by atoms with van der Waals surface area (Å²) in [4.78, 5) is 4.36. The van der Waals surface area contributed by atoms with Gasteiger partial charge in [-0.05, 0) is 25.5 Å². The average Bonchev–Trinajstić information content (AvgIpc) is 2.40. The first kappa shape index (κ1) is 12.3.